The van der Waals surface area contributed by atoms with Gasteiger partial charge in [0.05, 0.1) is 17.7 Å². The Morgan fingerprint density at radius 2 is 2.20 bits per heavy atom. The lowest BCUT2D eigenvalue weighted by molar-refractivity contribution is 0.0701. The van der Waals surface area contributed by atoms with Gasteiger partial charge in [0.2, 0.25) is 0 Å². The standard InChI is InChI=1S/C14H21N5S/c1-12-7-18(8-13-10-20-11-16-13)5-6-19(12)9-14-15-3-4-17(14)2/h3-4,10-12H,5-9H2,1-2H3. The molecule has 1 fully saturated rings. The molecule has 1 unspecified atom stereocenters. The number of rotatable bonds is 4. The highest BCUT2D eigenvalue weighted by Crippen LogP contribution is 2.15. The molecule has 0 aliphatic carbocycles. The maximum Gasteiger partial charge on any atom is 0.122 e. The van der Waals surface area contributed by atoms with Gasteiger partial charge in [0.15, 0.2) is 0 Å². The molecule has 0 amide bonds. The fourth-order valence-electron chi connectivity index (χ4n) is 2.72. The zero-order valence-electron chi connectivity index (χ0n) is 12.1. The molecular formula is C14H21N5S. The molecule has 20 heavy (non-hydrogen) atoms. The van der Waals surface area contributed by atoms with Crippen LogP contribution in [0.1, 0.15) is 18.4 Å². The molecule has 1 aliphatic rings. The van der Waals surface area contributed by atoms with Crippen LogP contribution in [0.2, 0.25) is 0 Å². The second kappa shape index (κ2) is 6.03. The first kappa shape index (κ1) is 13.7. The third-order valence-corrected chi connectivity index (χ3v) is 4.62. The van der Waals surface area contributed by atoms with E-state index in [1.165, 1.54) is 5.69 Å². The first-order valence-corrected chi connectivity index (χ1v) is 7.96. The molecule has 6 heteroatoms. The van der Waals surface area contributed by atoms with Crippen LogP contribution in [0.4, 0.5) is 0 Å². The van der Waals surface area contributed by atoms with Crippen LogP contribution in [0.25, 0.3) is 0 Å². The number of aryl methyl sites for hydroxylation is 1. The number of imidazole rings is 1. The van der Waals surface area contributed by atoms with E-state index in [2.05, 4.69) is 43.7 Å². The number of piperazine rings is 1. The molecule has 5 nitrogen and oxygen atoms in total. The summed E-state index contributed by atoms with van der Waals surface area (Å²) in [5.74, 6) is 1.14. The Bertz CT molecular complexity index is 536. The summed E-state index contributed by atoms with van der Waals surface area (Å²) in [4.78, 5) is 13.8. The van der Waals surface area contributed by atoms with Gasteiger partial charge in [-0.3, -0.25) is 9.80 Å². The highest BCUT2D eigenvalue weighted by Gasteiger charge is 2.24. The highest BCUT2D eigenvalue weighted by atomic mass is 32.1. The van der Waals surface area contributed by atoms with Gasteiger partial charge in [0, 0.05) is 57.0 Å². The van der Waals surface area contributed by atoms with Crippen LogP contribution < -0.4 is 0 Å². The van der Waals surface area contributed by atoms with Crippen LogP contribution in [0, 0.1) is 0 Å². The summed E-state index contributed by atoms with van der Waals surface area (Å²) >= 11 is 1.67. The van der Waals surface area contributed by atoms with E-state index < -0.39 is 0 Å². The molecule has 0 saturated carbocycles. The molecule has 1 aliphatic heterocycles. The van der Waals surface area contributed by atoms with Crippen LogP contribution in [0.15, 0.2) is 23.3 Å². The Morgan fingerprint density at radius 1 is 1.30 bits per heavy atom. The van der Waals surface area contributed by atoms with Crippen LogP contribution >= 0.6 is 11.3 Å². The van der Waals surface area contributed by atoms with Crippen molar-refractivity contribution >= 4 is 11.3 Å². The van der Waals surface area contributed by atoms with Crippen molar-refractivity contribution < 1.29 is 0 Å². The fourth-order valence-corrected chi connectivity index (χ4v) is 3.27. The number of thiazole rings is 1. The molecule has 0 N–H and O–H groups in total. The molecule has 1 atom stereocenters. The summed E-state index contributed by atoms with van der Waals surface area (Å²) in [7, 11) is 2.06. The lowest BCUT2D eigenvalue weighted by atomic mass is 10.2. The topological polar surface area (TPSA) is 37.2 Å². The van der Waals surface area contributed by atoms with Gasteiger partial charge in [-0.2, -0.15) is 0 Å². The quantitative estimate of drug-likeness (QED) is 0.857. The molecule has 3 heterocycles. The highest BCUT2D eigenvalue weighted by molar-refractivity contribution is 7.07. The summed E-state index contributed by atoms with van der Waals surface area (Å²) in [6.07, 6.45) is 3.89. The summed E-state index contributed by atoms with van der Waals surface area (Å²) < 4.78 is 2.11. The van der Waals surface area contributed by atoms with E-state index in [-0.39, 0.29) is 0 Å². The van der Waals surface area contributed by atoms with Gasteiger partial charge in [-0.05, 0) is 6.92 Å². The van der Waals surface area contributed by atoms with Crippen molar-refractivity contribution in [3.63, 3.8) is 0 Å². The smallest absolute Gasteiger partial charge is 0.122 e. The van der Waals surface area contributed by atoms with Gasteiger partial charge < -0.3 is 4.57 Å². The average Bonchev–Trinajstić information content (AvgIpc) is 3.05. The molecule has 0 bridgehead atoms. The van der Waals surface area contributed by atoms with Gasteiger partial charge in [-0.1, -0.05) is 0 Å². The summed E-state index contributed by atoms with van der Waals surface area (Å²) in [6, 6.07) is 0.555. The molecule has 0 radical (unpaired) electrons. The molecule has 0 spiro atoms. The van der Waals surface area contributed by atoms with Crippen molar-refractivity contribution in [1.82, 2.24) is 24.3 Å². The predicted octanol–water partition coefficient (Wildman–Crippen LogP) is 1.58. The van der Waals surface area contributed by atoms with Crippen molar-refractivity contribution in [2.24, 2.45) is 7.05 Å². The van der Waals surface area contributed by atoms with Crippen LogP contribution in [0.5, 0.6) is 0 Å². The van der Waals surface area contributed by atoms with Crippen molar-refractivity contribution in [2.75, 3.05) is 19.6 Å². The first-order valence-electron chi connectivity index (χ1n) is 7.02. The van der Waals surface area contributed by atoms with Gasteiger partial charge in [-0.15, -0.1) is 11.3 Å². The minimum absolute atomic E-state index is 0.555. The van der Waals surface area contributed by atoms with Crippen LogP contribution in [-0.2, 0) is 20.1 Å². The van der Waals surface area contributed by atoms with Crippen molar-refractivity contribution in [3.8, 4) is 0 Å². The van der Waals surface area contributed by atoms with Gasteiger partial charge >= 0.3 is 0 Å². The SMILES string of the molecule is CC1CN(Cc2cscn2)CCN1Cc1nccn1C. The van der Waals surface area contributed by atoms with E-state index in [1.54, 1.807) is 11.3 Å². The molecule has 0 aromatic carbocycles. The van der Waals surface area contributed by atoms with Gasteiger partial charge in [-0.25, -0.2) is 9.97 Å². The van der Waals surface area contributed by atoms with Crippen molar-refractivity contribution in [3.05, 3.63) is 34.8 Å². The normalized spacial score (nSPS) is 21.4. The molecule has 3 rings (SSSR count). The zero-order valence-corrected chi connectivity index (χ0v) is 12.9. The number of hydrogen-bond acceptors (Lipinski definition) is 5. The molecule has 2 aromatic heterocycles. The Balaban J connectivity index is 1.55. The largest absolute Gasteiger partial charge is 0.337 e. The lowest BCUT2D eigenvalue weighted by Crippen LogP contribution is -2.51. The maximum absolute atomic E-state index is 4.42. The van der Waals surface area contributed by atoms with E-state index in [0.717, 1.165) is 38.5 Å². The zero-order chi connectivity index (χ0) is 13.9. The van der Waals surface area contributed by atoms with E-state index in [0.29, 0.717) is 6.04 Å². The Labute approximate surface area is 123 Å². The first-order chi connectivity index (χ1) is 9.72. The Kier molecular flexibility index (Phi) is 4.14. The van der Waals surface area contributed by atoms with Crippen molar-refractivity contribution in [2.45, 2.75) is 26.1 Å². The number of hydrogen-bond donors (Lipinski definition) is 0. The van der Waals surface area contributed by atoms with E-state index in [4.69, 9.17) is 0 Å². The van der Waals surface area contributed by atoms with Gasteiger partial charge in [0.1, 0.15) is 5.82 Å². The average molecular weight is 291 g/mol. The summed E-state index contributed by atoms with van der Waals surface area (Å²) in [5.41, 5.74) is 3.11. The maximum atomic E-state index is 4.42. The molecule has 1 saturated heterocycles. The minimum Gasteiger partial charge on any atom is -0.337 e. The van der Waals surface area contributed by atoms with E-state index >= 15 is 0 Å². The third kappa shape index (κ3) is 3.08. The predicted molar refractivity (Wildman–Crippen MR) is 80.5 cm³/mol. The van der Waals surface area contributed by atoms with Crippen LogP contribution in [-0.4, -0.2) is 50.0 Å². The minimum atomic E-state index is 0.555. The summed E-state index contributed by atoms with van der Waals surface area (Å²) in [5, 5.41) is 2.14. The molecule has 108 valence electrons. The third-order valence-electron chi connectivity index (χ3n) is 3.98. The van der Waals surface area contributed by atoms with E-state index in [1.807, 2.05) is 17.9 Å². The number of aromatic nitrogens is 3. The molecular weight excluding hydrogens is 270 g/mol. The second-order valence-electron chi connectivity index (χ2n) is 5.49. The monoisotopic (exact) mass is 291 g/mol. The fraction of sp³-hybridized carbons (Fsp3) is 0.571. The van der Waals surface area contributed by atoms with Gasteiger partial charge in [0.25, 0.3) is 0 Å². The summed E-state index contributed by atoms with van der Waals surface area (Å²) in [6.45, 7) is 7.52. The lowest BCUT2D eigenvalue weighted by Gasteiger charge is -2.39. The van der Waals surface area contributed by atoms with E-state index in [9.17, 15) is 0 Å². The second-order valence-corrected chi connectivity index (χ2v) is 6.21. The van der Waals surface area contributed by atoms with Crippen molar-refractivity contribution in [1.29, 1.82) is 0 Å². The number of nitrogens with zero attached hydrogens (tertiary/aromatic N) is 5. The Hall–Kier alpha value is -1.24. The Morgan fingerprint density at radius 3 is 2.85 bits per heavy atom. The molecule has 2 aromatic rings. The van der Waals surface area contributed by atoms with Crippen LogP contribution in [0.3, 0.4) is 0 Å².